The molecular weight excluding hydrogens is 216 g/mol. The van der Waals surface area contributed by atoms with E-state index in [0.29, 0.717) is 5.56 Å². The van der Waals surface area contributed by atoms with Crippen LogP contribution in [0.15, 0.2) is 30.3 Å². The fraction of sp³-hybridized carbons (Fsp3) is 0.231. The third kappa shape index (κ3) is 4.96. The third-order valence-corrected chi connectivity index (χ3v) is 2.04. The predicted octanol–water partition coefficient (Wildman–Crippen LogP) is 1.07. The molecule has 4 nitrogen and oxygen atoms in total. The van der Waals surface area contributed by atoms with Gasteiger partial charge in [-0.15, -0.1) is 0 Å². The van der Waals surface area contributed by atoms with Crippen LogP contribution in [0, 0.1) is 11.3 Å². The Morgan fingerprint density at radius 3 is 2.71 bits per heavy atom. The third-order valence-electron chi connectivity index (χ3n) is 2.04. The van der Waals surface area contributed by atoms with Crippen LogP contribution in [0.1, 0.15) is 18.1 Å². The van der Waals surface area contributed by atoms with Crippen molar-refractivity contribution in [1.82, 2.24) is 5.32 Å². The Morgan fingerprint density at radius 2 is 2.18 bits per heavy atom. The Labute approximate surface area is 100 Å². The first-order valence-electron chi connectivity index (χ1n) is 5.26. The maximum atomic E-state index is 11.3. The highest BCUT2D eigenvalue weighted by atomic mass is 16.3. The summed E-state index contributed by atoms with van der Waals surface area (Å²) in [6.45, 7) is 1.83. The molecule has 0 fully saturated rings. The van der Waals surface area contributed by atoms with Crippen LogP contribution in [0.4, 0.5) is 0 Å². The standard InChI is InChI=1S/C13H14N2O2/c1-10(16)9-15-13(17)7-6-11-2-4-12(8-14)5-3-11/h2-7,10,16H,9H2,1H3,(H,15,17)/b7-6+. The van der Waals surface area contributed by atoms with Crippen molar-refractivity contribution >= 4 is 12.0 Å². The lowest BCUT2D eigenvalue weighted by Gasteiger charge is -2.03. The van der Waals surface area contributed by atoms with Gasteiger partial charge in [0.05, 0.1) is 17.7 Å². The summed E-state index contributed by atoms with van der Waals surface area (Å²) in [7, 11) is 0. The number of rotatable bonds is 4. The topological polar surface area (TPSA) is 73.1 Å². The maximum Gasteiger partial charge on any atom is 0.244 e. The van der Waals surface area contributed by atoms with E-state index in [1.807, 2.05) is 6.07 Å². The van der Waals surface area contributed by atoms with Gasteiger partial charge in [-0.1, -0.05) is 12.1 Å². The number of nitrogens with zero attached hydrogens (tertiary/aromatic N) is 1. The summed E-state index contributed by atoms with van der Waals surface area (Å²) in [4.78, 5) is 11.3. The number of benzene rings is 1. The van der Waals surface area contributed by atoms with Gasteiger partial charge in [0.15, 0.2) is 0 Å². The quantitative estimate of drug-likeness (QED) is 0.760. The molecule has 1 rings (SSSR count). The summed E-state index contributed by atoms with van der Waals surface area (Å²) in [6, 6.07) is 8.92. The molecule has 0 saturated heterocycles. The minimum absolute atomic E-state index is 0.233. The number of nitriles is 1. The summed E-state index contributed by atoms with van der Waals surface area (Å²) < 4.78 is 0. The first-order valence-corrected chi connectivity index (χ1v) is 5.26. The number of carbonyl (C=O) groups is 1. The SMILES string of the molecule is CC(O)CNC(=O)/C=C/c1ccc(C#N)cc1. The second kappa shape index (κ2) is 6.46. The van der Waals surface area contributed by atoms with Crippen LogP contribution in [-0.2, 0) is 4.79 Å². The van der Waals surface area contributed by atoms with Gasteiger partial charge in [-0.05, 0) is 30.7 Å². The van der Waals surface area contributed by atoms with E-state index in [1.54, 1.807) is 37.3 Å². The van der Waals surface area contributed by atoms with Crippen LogP contribution in [-0.4, -0.2) is 23.7 Å². The zero-order chi connectivity index (χ0) is 12.7. The molecule has 0 aliphatic heterocycles. The molecule has 0 spiro atoms. The molecule has 17 heavy (non-hydrogen) atoms. The maximum absolute atomic E-state index is 11.3. The first kappa shape index (κ1) is 12.9. The molecule has 0 heterocycles. The summed E-state index contributed by atoms with van der Waals surface area (Å²) in [5, 5.41) is 20.1. The van der Waals surface area contributed by atoms with Gasteiger partial charge in [0, 0.05) is 12.6 Å². The van der Waals surface area contributed by atoms with Crippen molar-refractivity contribution in [3.05, 3.63) is 41.5 Å². The average molecular weight is 230 g/mol. The van der Waals surface area contributed by atoms with E-state index >= 15 is 0 Å². The van der Waals surface area contributed by atoms with Gasteiger partial charge < -0.3 is 10.4 Å². The number of carbonyl (C=O) groups excluding carboxylic acids is 1. The van der Waals surface area contributed by atoms with Crippen molar-refractivity contribution in [2.45, 2.75) is 13.0 Å². The van der Waals surface area contributed by atoms with Crippen molar-refractivity contribution in [3.8, 4) is 6.07 Å². The molecule has 2 N–H and O–H groups in total. The Bertz CT molecular complexity index is 441. The average Bonchev–Trinajstić information content (AvgIpc) is 2.34. The molecule has 0 aromatic heterocycles. The van der Waals surface area contributed by atoms with E-state index < -0.39 is 6.10 Å². The van der Waals surface area contributed by atoms with Crippen LogP contribution < -0.4 is 5.32 Å². The Hall–Kier alpha value is -2.12. The van der Waals surface area contributed by atoms with Crippen molar-refractivity contribution < 1.29 is 9.90 Å². The summed E-state index contributed by atoms with van der Waals surface area (Å²) >= 11 is 0. The van der Waals surface area contributed by atoms with Crippen LogP contribution in [0.2, 0.25) is 0 Å². The smallest absolute Gasteiger partial charge is 0.244 e. The molecule has 1 unspecified atom stereocenters. The fourth-order valence-electron chi connectivity index (χ4n) is 1.15. The summed E-state index contributed by atoms with van der Waals surface area (Å²) in [5.74, 6) is -0.254. The molecule has 1 aromatic rings. The van der Waals surface area contributed by atoms with Gasteiger partial charge in [-0.2, -0.15) is 5.26 Å². The summed E-state index contributed by atoms with van der Waals surface area (Å²) in [6.07, 6.45) is 2.49. The van der Waals surface area contributed by atoms with Crippen LogP contribution in [0.3, 0.4) is 0 Å². The number of amides is 1. The zero-order valence-electron chi connectivity index (χ0n) is 9.55. The summed E-state index contributed by atoms with van der Waals surface area (Å²) in [5.41, 5.74) is 1.43. The van der Waals surface area contributed by atoms with Gasteiger partial charge in [0.25, 0.3) is 0 Å². The van der Waals surface area contributed by atoms with Gasteiger partial charge in [0.2, 0.25) is 5.91 Å². The second-order valence-corrected chi connectivity index (χ2v) is 3.66. The van der Waals surface area contributed by atoms with Gasteiger partial charge >= 0.3 is 0 Å². The van der Waals surface area contributed by atoms with E-state index in [0.717, 1.165) is 5.56 Å². The molecule has 0 bridgehead atoms. The minimum Gasteiger partial charge on any atom is -0.392 e. The molecule has 1 aromatic carbocycles. The highest BCUT2D eigenvalue weighted by Crippen LogP contribution is 2.04. The molecule has 1 atom stereocenters. The number of aliphatic hydroxyl groups excluding tert-OH is 1. The highest BCUT2D eigenvalue weighted by Gasteiger charge is 1.98. The van der Waals surface area contributed by atoms with E-state index in [2.05, 4.69) is 5.32 Å². The number of aliphatic hydroxyl groups is 1. The van der Waals surface area contributed by atoms with Crippen molar-refractivity contribution in [2.75, 3.05) is 6.54 Å². The fourth-order valence-corrected chi connectivity index (χ4v) is 1.15. The lowest BCUT2D eigenvalue weighted by atomic mass is 10.1. The zero-order valence-corrected chi connectivity index (χ0v) is 9.55. The van der Waals surface area contributed by atoms with E-state index in [1.165, 1.54) is 6.08 Å². The molecule has 0 saturated carbocycles. The first-order chi connectivity index (χ1) is 8.11. The Kier molecular flexibility index (Phi) is 4.92. The monoisotopic (exact) mass is 230 g/mol. The second-order valence-electron chi connectivity index (χ2n) is 3.66. The van der Waals surface area contributed by atoms with Gasteiger partial charge in [-0.25, -0.2) is 0 Å². The van der Waals surface area contributed by atoms with Crippen LogP contribution in [0.25, 0.3) is 6.08 Å². The Morgan fingerprint density at radius 1 is 1.53 bits per heavy atom. The van der Waals surface area contributed by atoms with Crippen LogP contribution in [0.5, 0.6) is 0 Å². The lowest BCUT2D eigenvalue weighted by molar-refractivity contribution is -0.116. The van der Waals surface area contributed by atoms with E-state index in [-0.39, 0.29) is 12.5 Å². The Balaban J connectivity index is 2.52. The lowest BCUT2D eigenvalue weighted by Crippen LogP contribution is -2.28. The van der Waals surface area contributed by atoms with Crippen LogP contribution >= 0.6 is 0 Å². The van der Waals surface area contributed by atoms with E-state index in [4.69, 9.17) is 10.4 Å². The number of hydrogen-bond donors (Lipinski definition) is 2. The van der Waals surface area contributed by atoms with Crippen molar-refractivity contribution in [3.63, 3.8) is 0 Å². The molecular formula is C13H14N2O2. The molecule has 0 aliphatic carbocycles. The highest BCUT2D eigenvalue weighted by molar-refractivity contribution is 5.91. The number of hydrogen-bond acceptors (Lipinski definition) is 3. The molecule has 0 aliphatic rings. The molecule has 4 heteroatoms. The predicted molar refractivity (Wildman–Crippen MR) is 64.9 cm³/mol. The van der Waals surface area contributed by atoms with Gasteiger partial charge in [0.1, 0.15) is 0 Å². The minimum atomic E-state index is -0.553. The van der Waals surface area contributed by atoms with Gasteiger partial charge in [-0.3, -0.25) is 4.79 Å². The molecule has 0 radical (unpaired) electrons. The van der Waals surface area contributed by atoms with Crippen molar-refractivity contribution in [1.29, 1.82) is 5.26 Å². The van der Waals surface area contributed by atoms with Crippen molar-refractivity contribution in [2.24, 2.45) is 0 Å². The largest absolute Gasteiger partial charge is 0.392 e. The molecule has 1 amide bonds. The number of nitrogens with one attached hydrogen (secondary N) is 1. The normalized spacial score (nSPS) is 12.1. The van der Waals surface area contributed by atoms with E-state index in [9.17, 15) is 4.79 Å². The molecule has 88 valence electrons.